The van der Waals surface area contributed by atoms with Crippen LogP contribution in [-0.2, 0) is 11.3 Å². The summed E-state index contributed by atoms with van der Waals surface area (Å²) in [5.74, 6) is -1.02. The van der Waals surface area contributed by atoms with E-state index < -0.39 is 17.5 Å². The smallest absolute Gasteiger partial charge is 0.275 e. The lowest BCUT2D eigenvalue weighted by Gasteiger charge is -2.32. The number of carbonyl (C=O) groups is 1. The van der Waals surface area contributed by atoms with E-state index in [0.29, 0.717) is 17.1 Å². The number of aromatic nitrogens is 2. The molecule has 30 heavy (non-hydrogen) atoms. The molecule has 1 aliphatic rings. The van der Waals surface area contributed by atoms with Crippen molar-refractivity contribution in [2.75, 3.05) is 23.3 Å². The van der Waals surface area contributed by atoms with Gasteiger partial charge in [-0.05, 0) is 37.0 Å². The first-order valence-electron chi connectivity index (χ1n) is 9.91. The number of rotatable bonds is 4. The van der Waals surface area contributed by atoms with Crippen molar-refractivity contribution in [2.24, 2.45) is 5.92 Å². The molecule has 1 aliphatic heterocycles. The summed E-state index contributed by atoms with van der Waals surface area (Å²) >= 11 is 0. The van der Waals surface area contributed by atoms with Crippen molar-refractivity contribution >= 4 is 28.2 Å². The molecule has 2 aromatic carbocycles. The number of carbonyl (C=O) groups excluding carboxylic acids is 1. The molecule has 0 saturated carbocycles. The Morgan fingerprint density at radius 1 is 1.17 bits per heavy atom. The third kappa shape index (κ3) is 4.17. The van der Waals surface area contributed by atoms with Gasteiger partial charge in [0.15, 0.2) is 5.82 Å². The number of benzene rings is 2. The topological polar surface area (TPSA) is 67.2 Å². The van der Waals surface area contributed by atoms with Gasteiger partial charge in [0.1, 0.15) is 18.2 Å². The second kappa shape index (κ2) is 8.22. The predicted molar refractivity (Wildman–Crippen MR) is 112 cm³/mol. The molecule has 2 heterocycles. The lowest BCUT2D eigenvalue weighted by molar-refractivity contribution is -0.117. The van der Waals surface area contributed by atoms with Crippen molar-refractivity contribution in [1.82, 2.24) is 9.78 Å². The first-order valence-corrected chi connectivity index (χ1v) is 9.91. The Morgan fingerprint density at radius 3 is 2.57 bits per heavy atom. The van der Waals surface area contributed by atoms with Gasteiger partial charge in [0.2, 0.25) is 5.91 Å². The fourth-order valence-corrected chi connectivity index (χ4v) is 3.90. The molecule has 8 heteroatoms. The van der Waals surface area contributed by atoms with Gasteiger partial charge in [-0.3, -0.25) is 9.59 Å². The van der Waals surface area contributed by atoms with Crippen molar-refractivity contribution < 1.29 is 13.6 Å². The average molecular weight is 412 g/mol. The molecule has 1 fully saturated rings. The van der Waals surface area contributed by atoms with Crippen LogP contribution in [0.4, 0.5) is 20.3 Å². The number of nitrogens with zero attached hydrogens (tertiary/aromatic N) is 3. The molecule has 0 radical (unpaired) electrons. The molecule has 6 nitrogen and oxygen atoms in total. The van der Waals surface area contributed by atoms with Crippen molar-refractivity contribution in [3.63, 3.8) is 0 Å². The lowest BCUT2D eigenvalue weighted by Crippen LogP contribution is -2.38. The van der Waals surface area contributed by atoms with Crippen LogP contribution in [0.5, 0.6) is 0 Å². The third-order valence-electron chi connectivity index (χ3n) is 5.24. The van der Waals surface area contributed by atoms with Gasteiger partial charge >= 0.3 is 0 Å². The van der Waals surface area contributed by atoms with E-state index in [1.807, 2.05) is 12.1 Å². The number of amides is 1. The Morgan fingerprint density at radius 2 is 1.87 bits per heavy atom. The van der Waals surface area contributed by atoms with Crippen LogP contribution < -0.4 is 15.8 Å². The minimum absolute atomic E-state index is 0.0172. The predicted octanol–water partition coefficient (Wildman–Crippen LogP) is 3.55. The molecule has 4 rings (SSSR count). The molecule has 3 aromatic rings. The van der Waals surface area contributed by atoms with Crippen LogP contribution in [0.3, 0.4) is 0 Å². The van der Waals surface area contributed by atoms with Gasteiger partial charge < -0.3 is 10.2 Å². The summed E-state index contributed by atoms with van der Waals surface area (Å²) in [5, 5.41) is 8.15. The largest absolute Gasteiger partial charge is 0.354 e. The molecule has 0 aliphatic carbocycles. The first-order chi connectivity index (χ1) is 14.4. The number of halogens is 2. The summed E-state index contributed by atoms with van der Waals surface area (Å²) in [6, 6.07) is 9.94. The van der Waals surface area contributed by atoms with E-state index in [1.54, 1.807) is 12.1 Å². The summed E-state index contributed by atoms with van der Waals surface area (Å²) in [6.45, 7) is 3.46. The number of anilines is 2. The minimum Gasteiger partial charge on any atom is -0.354 e. The number of nitrogens with one attached hydrogen (secondary N) is 1. The molecule has 0 unspecified atom stereocenters. The van der Waals surface area contributed by atoms with Crippen molar-refractivity contribution in [3.8, 4) is 0 Å². The van der Waals surface area contributed by atoms with Gasteiger partial charge in [-0.1, -0.05) is 25.1 Å². The molecule has 156 valence electrons. The highest BCUT2D eigenvalue weighted by Gasteiger charge is 2.22. The fourth-order valence-electron chi connectivity index (χ4n) is 3.90. The number of hydrogen-bond acceptors (Lipinski definition) is 4. The van der Waals surface area contributed by atoms with Crippen LogP contribution in [0.1, 0.15) is 19.8 Å². The van der Waals surface area contributed by atoms with E-state index in [9.17, 15) is 18.4 Å². The molecular weight excluding hydrogens is 390 g/mol. The Hall–Kier alpha value is -3.29. The maximum Gasteiger partial charge on any atom is 0.275 e. The summed E-state index contributed by atoms with van der Waals surface area (Å²) in [6.07, 6.45) is 2.17. The van der Waals surface area contributed by atoms with E-state index >= 15 is 0 Å². The Kier molecular flexibility index (Phi) is 5.48. The van der Waals surface area contributed by atoms with E-state index in [1.165, 1.54) is 0 Å². The molecule has 1 atom stereocenters. The Labute approximate surface area is 172 Å². The van der Waals surface area contributed by atoms with Crippen LogP contribution in [0.25, 0.3) is 10.8 Å². The first kappa shape index (κ1) is 20.0. The van der Waals surface area contributed by atoms with E-state index in [0.717, 1.165) is 54.2 Å². The quantitative estimate of drug-likeness (QED) is 0.712. The van der Waals surface area contributed by atoms with E-state index in [2.05, 4.69) is 22.2 Å². The summed E-state index contributed by atoms with van der Waals surface area (Å²) in [4.78, 5) is 27.5. The summed E-state index contributed by atoms with van der Waals surface area (Å²) < 4.78 is 27.9. The van der Waals surface area contributed by atoms with E-state index in [-0.39, 0.29) is 17.8 Å². The Bertz CT molecular complexity index is 1140. The summed E-state index contributed by atoms with van der Waals surface area (Å²) in [7, 11) is 0. The second-order valence-corrected chi connectivity index (χ2v) is 7.73. The highest BCUT2D eigenvalue weighted by Crippen LogP contribution is 2.26. The highest BCUT2D eigenvalue weighted by molar-refractivity contribution is 5.93. The monoisotopic (exact) mass is 412 g/mol. The number of fused-ring (bicyclic) bond motifs is 1. The maximum absolute atomic E-state index is 13.4. The van der Waals surface area contributed by atoms with Gasteiger partial charge in [-0.15, -0.1) is 0 Å². The zero-order valence-electron chi connectivity index (χ0n) is 16.6. The second-order valence-electron chi connectivity index (χ2n) is 7.73. The molecule has 1 N–H and O–H groups in total. The van der Waals surface area contributed by atoms with Gasteiger partial charge in [0.25, 0.3) is 5.56 Å². The van der Waals surface area contributed by atoms with Crippen LogP contribution in [0.15, 0.2) is 47.3 Å². The zero-order valence-corrected chi connectivity index (χ0v) is 16.6. The lowest BCUT2D eigenvalue weighted by atomic mass is 10.00. The van der Waals surface area contributed by atoms with Crippen molar-refractivity contribution in [3.05, 3.63) is 64.5 Å². The van der Waals surface area contributed by atoms with Gasteiger partial charge in [-0.2, -0.15) is 5.10 Å². The maximum atomic E-state index is 13.4. The van der Waals surface area contributed by atoms with Crippen LogP contribution in [0, 0.1) is 17.6 Å². The normalized spacial score (nSPS) is 16.6. The van der Waals surface area contributed by atoms with Crippen LogP contribution in [-0.4, -0.2) is 28.8 Å². The van der Waals surface area contributed by atoms with Crippen molar-refractivity contribution in [2.45, 2.75) is 26.3 Å². The SMILES string of the molecule is C[C@H]1CCCN(c2nn(CC(=O)Nc3cc(F)cc(F)c3)c(=O)c3ccccc23)C1. The van der Waals surface area contributed by atoms with Gasteiger partial charge in [0, 0.05) is 30.2 Å². The molecule has 1 aromatic heterocycles. The molecule has 1 amide bonds. The highest BCUT2D eigenvalue weighted by atomic mass is 19.1. The molecule has 0 bridgehead atoms. The van der Waals surface area contributed by atoms with E-state index in [4.69, 9.17) is 0 Å². The van der Waals surface area contributed by atoms with Gasteiger partial charge in [-0.25, -0.2) is 13.5 Å². The molecular formula is C22H22F2N4O2. The van der Waals surface area contributed by atoms with Crippen LogP contribution >= 0.6 is 0 Å². The Balaban J connectivity index is 1.67. The molecule has 1 saturated heterocycles. The van der Waals surface area contributed by atoms with Crippen molar-refractivity contribution in [1.29, 1.82) is 0 Å². The van der Waals surface area contributed by atoms with Crippen LogP contribution in [0.2, 0.25) is 0 Å². The van der Waals surface area contributed by atoms with Gasteiger partial charge in [0.05, 0.1) is 5.39 Å². The zero-order chi connectivity index (χ0) is 21.3. The number of piperidine rings is 1. The minimum atomic E-state index is -0.798. The average Bonchev–Trinajstić information content (AvgIpc) is 2.69. The summed E-state index contributed by atoms with van der Waals surface area (Å²) in [5.41, 5.74) is -0.406. The standard InChI is InChI=1S/C22H22F2N4O2/c1-14-5-4-8-27(12-14)21-18-6-2-3-7-19(18)22(30)28(26-21)13-20(29)25-17-10-15(23)9-16(24)11-17/h2-3,6-7,9-11,14H,4-5,8,12-13H2,1H3,(H,25,29)/t14-/m0/s1. The number of hydrogen-bond donors (Lipinski definition) is 1. The molecule has 0 spiro atoms. The third-order valence-corrected chi connectivity index (χ3v) is 5.24. The fraction of sp³-hybridized carbons (Fsp3) is 0.318.